The van der Waals surface area contributed by atoms with E-state index in [2.05, 4.69) is 15.3 Å². The third-order valence-corrected chi connectivity index (χ3v) is 2.66. The van der Waals surface area contributed by atoms with Crippen LogP contribution in [0.1, 0.15) is 26.0 Å². The molecule has 0 radical (unpaired) electrons. The molecule has 4 N–H and O–H groups in total. The summed E-state index contributed by atoms with van der Waals surface area (Å²) in [7, 11) is 0. The Morgan fingerprint density at radius 1 is 1.56 bits per heavy atom. The average molecular weight is 255 g/mol. The second-order valence-electron chi connectivity index (χ2n) is 4.33. The third-order valence-electron chi connectivity index (χ3n) is 2.66. The molecule has 1 unspecified atom stereocenters. The molecule has 1 heterocycles. The molecule has 0 aliphatic carbocycles. The van der Waals surface area contributed by atoms with Crippen LogP contribution in [0, 0.1) is 17.0 Å². The van der Waals surface area contributed by atoms with Crippen LogP contribution >= 0.6 is 0 Å². The van der Waals surface area contributed by atoms with Crippen LogP contribution in [0.15, 0.2) is 0 Å². The Labute approximate surface area is 104 Å². The van der Waals surface area contributed by atoms with Crippen LogP contribution in [0.3, 0.4) is 0 Å². The van der Waals surface area contributed by atoms with E-state index >= 15 is 0 Å². The number of aromatic nitrogens is 2. The van der Waals surface area contributed by atoms with Gasteiger partial charge in [0.1, 0.15) is 5.69 Å². The highest BCUT2D eigenvalue weighted by Gasteiger charge is 2.24. The first kappa shape index (κ1) is 14.1. The van der Waals surface area contributed by atoms with Crippen LogP contribution in [0.5, 0.6) is 0 Å². The smallest absolute Gasteiger partial charge is 0.332 e. The minimum atomic E-state index is -0.971. The summed E-state index contributed by atoms with van der Waals surface area (Å²) in [6.07, 6.45) is 0.507. The van der Waals surface area contributed by atoms with Gasteiger partial charge in [0.05, 0.1) is 10.5 Å². The first-order valence-electron chi connectivity index (χ1n) is 5.51. The molecule has 1 aromatic heterocycles. The predicted octanol–water partition coefficient (Wildman–Crippen LogP) is 0.848. The Balaban J connectivity index is 3.04. The van der Waals surface area contributed by atoms with E-state index in [1.807, 2.05) is 6.92 Å². The van der Waals surface area contributed by atoms with Crippen molar-refractivity contribution in [2.45, 2.75) is 32.8 Å². The molecule has 100 valence electrons. The van der Waals surface area contributed by atoms with Crippen molar-refractivity contribution in [3.63, 3.8) is 0 Å². The zero-order valence-corrected chi connectivity index (χ0v) is 10.6. The Kier molecular flexibility index (Phi) is 4.02. The molecule has 8 heteroatoms. The largest absolute Gasteiger partial charge is 0.388 e. The molecule has 0 saturated carbocycles. The summed E-state index contributed by atoms with van der Waals surface area (Å²) in [5.41, 5.74) is 4.44. The lowest BCUT2D eigenvalue weighted by atomic mass is 10.0. The number of anilines is 2. The van der Waals surface area contributed by atoms with E-state index in [0.29, 0.717) is 6.42 Å². The van der Waals surface area contributed by atoms with Crippen molar-refractivity contribution >= 4 is 17.5 Å². The van der Waals surface area contributed by atoms with Crippen LogP contribution in [0.2, 0.25) is 0 Å². The molecule has 8 nitrogen and oxygen atoms in total. The van der Waals surface area contributed by atoms with E-state index in [-0.39, 0.29) is 29.7 Å². The van der Waals surface area contributed by atoms with Crippen molar-refractivity contribution in [1.29, 1.82) is 0 Å². The van der Waals surface area contributed by atoms with Gasteiger partial charge in [0.25, 0.3) is 0 Å². The highest BCUT2D eigenvalue weighted by atomic mass is 16.6. The Morgan fingerprint density at radius 3 is 2.67 bits per heavy atom. The Hall–Kier alpha value is -1.96. The molecule has 1 atom stereocenters. The molecule has 18 heavy (non-hydrogen) atoms. The van der Waals surface area contributed by atoms with Gasteiger partial charge in [-0.05, 0) is 20.3 Å². The summed E-state index contributed by atoms with van der Waals surface area (Å²) in [4.78, 5) is 17.9. The van der Waals surface area contributed by atoms with E-state index in [4.69, 9.17) is 5.73 Å². The van der Waals surface area contributed by atoms with Crippen molar-refractivity contribution < 1.29 is 10.0 Å². The monoisotopic (exact) mass is 255 g/mol. The van der Waals surface area contributed by atoms with Crippen molar-refractivity contribution in [2.75, 3.05) is 17.6 Å². The lowest BCUT2D eigenvalue weighted by Crippen LogP contribution is -2.33. The molecule has 0 amide bonds. The van der Waals surface area contributed by atoms with Gasteiger partial charge in [0, 0.05) is 6.54 Å². The number of nitrogens with zero attached hydrogens (tertiary/aromatic N) is 3. The summed E-state index contributed by atoms with van der Waals surface area (Å²) in [6, 6.07) is 0. The van der Waals surface area contributed by atoms with Gasteiger partial charge in [-0.25, -0.2) is 4.98 Å². The van der Waals surface area contributed by atoms with Crippen LogP contribution in [-0.4, -0.2) is 32.1 Å². The van der Waals surface area contributed by atoms with Gasteiger partial charge >= 0.3 is 5.69 Å². The van der Waals surface area contributed by atoms with Crippen LogP contribution in [0.25, 0.3) is 0 Å². The van der Waals surface area contributed by atoms with Crippen molar-refractivity contribution in [3.8, 4) is 0 Å². The number of rotatable bonds is 5. The van der Waals surface area contributed by atoms with E-state index in [9.17, 15) is 15.2 Å². The van der Waals surface area contributed by atoms with Gasteiger partial charge in [0.2, 0.25) is 11.8 Å². The van der Waals surface area contributed by atoms with E-state index in [1.54, 1.807) is 6.92 Å². The van der Waals surface area contributed by atoms with E-state index in [1.165, 1.54) is 6.92 Å². The fourth-order valence-electron chi connectivity index (χ4n) is 1.33. The molecule has 0 aliphatic rings. The normalized spacial score (nSPS) is 14.0. The maximum absolute atomic E-state index is 10.9. The number of nitrogen functional groups attached to an aromatic ring is 1. The lowest BCUT2D eigenvalue weighted by Gasteiger charge is -2.21. The minimum absolute atomic E-state index is 0.0266. The minimum Gasteiger partial charge on any atom is -0.388 e. The maximum Gasteiger partial charge on any atom is 0.332 e. The van der Waals surface area contributed by atoms with Crippen molar-refractivity contribution in [3.05, 3.63) is 15.8 Å². The van der Waals surface area contributed by atoms with Crippen molar-refractivity contribution in [1.82, 2.24) is 9.97 Å². The molecule has 0 saturated heterocycles. The maximum atomic E-state index is 10.9. The standard InChI is InChI=1S/C10H17N5O3/c1-4-10(3,16)5-12-8-7(15(17)18)6(2)13-9(11)14-8/h16H,4-5H2,1-3H3,(H3,11,12,13,14). The van der Waals surface area contributed by atoms with E-state index in [0.717, 1.165) is 0 Å². The molecular formula is C10H17N5O3. The quantitative estimate of drug-likeness (QED) is 0.525. The number of aryl methyl sites for hydroxylation is 1. The molecule has 1 rings (SSSR count). The SMILES string of the molecule is CCC(C)(O)CNc1nc(N)nc(C)c1[N+](=O)[O-]. The highest BCUT2D eigenvalue weighted by Crippen LogP contribution is 2.26. The van der Waals surface area contributed by atoms with Crippen LogP contribution in [0.4, 0.5) is 17.5 Å². The number of aliphatic hydroxyl groups is 1. The molecule has 0 fully saturated rings. The highest BCUT2D eigenvalue weighted by molar-refractivity contribution is 5.60. The van der Waals surface area contributed by atoms with Gasteiger partial charge in [-0.2, -0.15) is 4.98 Å². The van der Waals surface area contributed by atoms with Gasteiger partial charge < -0.3 is 16.2 Å². The van der Waals surface area contributed by atoms with Gasteiger partial charge in [-0.15, -0.1) is 0 Å². The summed E-state index contributed by atoms with van der Waals surface area (Å²) in [5, 5.41) is 23.5. The summed E-state index contributed by atoms with van der Waals surface area (Å²) in [5.74, 6) is -0.0181. The van der Waals surface area contributed by atoms with Gasteiger partial charge in [-0.3, -0.25) is 10.1 Å². The van der Waals surface area contributed by atoms with E-state index < -0.39 is 10.5 Å². The van der Waals surface area contributed by atoms with Gasteiger partial charge in [-0.1, -0.05) is 6.92 Å². The second kappa shape index (κ2) is 5.13. The summed E-state index contributed by atoms with van der Waals surface area (Å²) in [6.45, 7) is 5.07. The average Bonchev–Trinajstić information content (AvgIpc) is 2.25. The second-order valence-corrected chi connectivity index (χ2v) is 4.33. The Bertz CT molecular complexity index is 461. The number of hydrogen-bond acceptors (Lipinski definition) is 7. The fraction of sp³-hybridized carbons (Fsp3) is 0.600. The van der Waals surface area contributed by atoms with Crippen LogP contribution in [-0.2, 0) is 0 Å². The summed E-state index contributed by atoms with van der Waals surface area (Å²) >= 11 is 0. The number of nitrogens with two attached hydrogens (primary N) is 1. The number of nitro groups is 1. The van der Waals surface area contributed by atoms with Gasteiger partial charge in [0.15, 0.2) is 0 Å². The molecule has 1 aromatic rings. The topological polar surface area (TPSA) is 127 Å². The summed E-state index contributed by atoms with van der Waals surface area (Å²) < 4.78 is 0. The predicted molar refractivity (Wildman–Crippen MR) is 67.2 cm³/mol. The first-order valence-corrected chi connectivity index (χ1v) is 5.51. The molecule has 0 spiro atoms. The molecule has 0 aromatic carbocycles. The van der Waals surface area contributed by atoms with Crippen molar-refractivity contribution in [2.24, 2.45) is 0 Å². The number of hydrogen-bond donors (Lipinski definition) is 3. The molecular weight excluding hydrogens is 238 g/mol. The first-order chi connectivity index (χ1) is 8.26. The lowest BCUT2D eigenvalue weighted by molar-refractivity contribution is -0.385. The Morgan fingerprint density at radius 2 is 2.17 bits per heavy atom. The zero-order chi connectivity index (χ0) is 13.9. The zero-order valence-electron chi connectivity index (χ0n) is 10.6. The molecule has 0 aliphatic heterocycles. The number of nitrogens with one attached hydrogen (secondary N) is 1. The molecule has 0 bridgehead atoms. The fourth-order valence-corrected chi connectivity index (χ4v) is 1.33. The van der Waals surface area contributed by atoms with Crippen LogP contribution < -0.4 is 11.1 Å². The third kappa shape index (κ3) is 3.27.